The van der Waals surface area contributed by atoms with Gasteiger partial charge in [0.05, 0.1) is 11.2 Å². The van der Waals surface area contributed by atoms with Crippen molar-refractivity contribution in [3.05, 3.63) is 18.2 Å². The van der Waals surface area contributed by atoms with Crippen molar-refractivity contribution >= 4 is 11.4 Å². The van der Waals surface area contributed by atoms with Crippen LogP contribution in [-0.2, 0) is 0 Å². The Morgan fingerprint density at radius 3 is 2.93 bits per heavy atom. The van der Waals surface area contributed by atoms with Gasteiger partial charge in [0.1, 0.15) is 11.4 Å². The Bertz CT molecular complexity index is 385. The molecular formula is C11H14N2O. The number of likely N-dealkylation sites (N-methyl/N-ethyl adjacent to an activating group) is 1. The van der Waals surface area contributed by atoms with Gasteiger partial charge < -0.3 is 15.3 Å². The molecule has 74 valence electrons. The van der Waals surface area contributed by atoms with Gasteiger partial charge in [-0.25, -0.2) is 0 Å². The SMILES string of the molecule is CN1c2cccc(O)c2NCC12CC2. The average molecular weight is 190 g/mol. The second kappa shape index (κ2) is 2.35. The normalized spacial score (nSPS) is 21.6. The van der Waals surface area contributed by atoms with Crippen LogP contribution in [0.2, 0.25) is 0 Å². The number of phenols is 1. The Labute approximate surface area is 83.3 Å². The number of fused-ring (bicyclic) bond motifs is 1. The van der Waals surface area contributed by atoms with E-state index in [4.69, 9.17) is 0 Å². The summed E-state index contributed by atoms with van der Waals surface area (Å²) in [6, 6.07) is 5.68. The fourth-order valence-electron chi connectivity index (χ4n) is 2.27. The summed E-state index contributed by atoms with van der Waals surface area (Å²) in [5.74, 6) is 0.352. The summed E-state index contributed by atoms with van der Waals surface area (Å²) in [6.45, 7) is 0.952. The standard InChI is InChI=1S/C11H14N2O/c1-13-8-3-2-4-9(14)10(8)12-7-11(13)5-6-11/h2-4,12,14H,5-7H2,1H3. The van der Waals surface area contributed by atoms with Crippen molar-refractivity contribution in [2.24, 2.45) is 0 Å². The van der Waals surface area contributed by atoms with Crippen LogP contribution >= 0.6 is 0 Å². The second-order valence-electron chi connectivity index (χ2n) is 4.31. The summed E-state index contributed by atoms with van der Waals surface area (Å²) in [4.78, 5) is 2.30. The molecule has 14 heavy (non-hydrogen) atoms. The molecular weight excluding hydrogens is 176 g/mol. The molecule has 1 aliphatic carbocycles. The quantitative estimate of drug-likeness (QED) is 0.612. The van der Waals surface area contributed by atoms with E-state index in [0.29, 0.717) is 11.3 Å². The van der Waals surface area contributed by atoms with Crippen molar-refractivity contribution < 1.29 is 5.11 Å². The van der Waals surface area contributed by atoms with Crippen LogP contribution in [0, 0.1) is 0 Å². The zero-order valence-electron chi connectivity index (χ0n) is 8.25. The second-order valence-corrected chi connectivity index (χ2v) is 4.31. The van der Waals surface area contributed by atoms with E-state index in [1.54, 1.807) is 6.07 Å². The van der Waals surface area contributed by atoms with Gasteiger partial charge in [0.15, 0.2) is 0 Å². The molecule has 1 aliphatic heterocycles. The molecule has 0 radical (unpaired) electrons. The smallest absolute Gasteiger partial charge is 0.140 e. The largest absolute Gasteiger partial charge is 0.506 e. The van der Waals surface area contributed by atoms with Crippen LogP contribution in [0.15, 0.2) is 18.2 Å². The summed E-state index contributed by atoms with van der Waals surface area (Å²) < 4.78 is 0. The molecule has 1 fully saturated rings. The van der Waals surface area contributed by atoms with E-state index in [0.717, 1.165) is 17.9 Å². The van der Waals surface area contributed by atoms with E-state index < -0.39 is 0 Å². The third kappa shape index (κ3) is 0.870. The fourth-order valence-corrected chi connectivity index (χ4v) is 2.27. The Morgan fingerprint density at radius 1 is 1.43 bits per heavy atom. The van der Waals surface area contributed by atoms with E-state index in [1.807, 2.05) is 6.07 Å². The molecule has 3 nitrogen and oxygen atoms in total. The number of phenolic OH excluding ortho intramolecular Hbond substituents is 1. The van der Waals surface area contributed by atoms with Gasteiger partial charge in [0, 0.05) is 13.6 Å². The third-order valence-electron chi connectivity index (χ3n) is 3.51. The first kappa shape index (κ1) is 7.97. The minimum absolute atomic E-state index is 0.334. The number of aromatic hydroxyl groups is 1. The van der Waals surface area contributed by atoms with Crippen molar-refractivity contribution in [1.29, 1.82) is 0 Å². The Balaban J connectivity index is 2.11. The molecule has 3 heteroatoms. The number of nitrogens with zero attached hydrogens (tertiary/aromatic N) is 1. The van der Waals surface area contributed by atoms with Gasteiger partial charge in [-0.15, -0.1) is 0 Å². The molecule has 2 N–H and O–H groups in total. The number of nitrogens with one attached hydrogen (secondary N) is 1. The number of hydrogen-bond donors (Lipinski definition) is 2. The van der Waals surface area contributed by atoms with Crippen molar-refractivity contribution in [3.63, 3.8) is 0 Å². The first-order valence-electron chi connectivity index (χ1n) is 5.03. The lowest BCUT2D eigenvalue weighted by Gasteiger charge is -2.37. The van der Waals surface area contributed by atoms with E-state index >= 15 is 0 Å². The zero-order valence-corrected chi connectivity index (χ0v) is 8.25. The van der Waals surface area contributed by atoms with Gasteiger partial charge in [0.2, 0.25) is 0 Å². The van der Waals surface area contributed by atoms with Crippen LogP contribution in [0.25, 0.3) is 0 Å². The van der Waals surface area contributed by atoms with Crippen LogP contribution < -0.4 is 10.2 Å². The molecule has 0 atom stereocenters. The van der Waals surface area contributed by atoms with Crippen molar-refractivity contribution in [1.82, 2.24) is 0 Å². The van der Waals surface area contributed by atoms with Gasteiger partial charge in [0.25, 0.3) is 0 Å². The lowest BCUT2D eigenvalue weighted by molar-refractivity contribution is 0.475. The van der Waals surface area contributed by atoms with E-state index in [-0.39, 0.29) is 0 Å². The van der Waals surface area contributed by atoms with Gasteiger partial charge in [-0.2, -0.15) is 0 Å². The van der Waals surface area contributed by atoms with Gasteiger partial charge >= 0.3 is 0 Å². The number of anilines is 2. The van der Waals surface area contributed by atoms with Crippen molar-refractivity contribution in [2.45, 2.75) is 18.4 Å². The summed E-state index contributed by atoms with van der Waals surface area (Å²) in [5.41, 5.74) is 2.34. The van der Waals surface area contributed by atoms with Gasteiger partial charge in [-0.05, 0) is 25.0 Å². The minimum atomic E-state index is 0.334. The molecule has 0 unspecified atom stereocenters. The molecule has 0 saturated heterocycles. The molecule has 1 aromatic carbocycles. The summed E-state index contributed by atoms with van der Waals surface area (Å²) in [7, 11) is 2.12. The Morgan fingerprint density at radius 2 is 2.21 bits per heavy atom. The molecule has 3 rings (SSSR count). The van der Waals surface area contributed by atoms with Gasteiger partial charge in [-0.3, -0.25) is 0 Å². The monoisotopic (exact) mass is 190 g/mol. The number of para-hydroxylation sites is 1. The Hall–Kier alpha value is -1.38. The summed E-state index contributed by atoms with van der Waals surface area (Å²) >= 11 is 0. The molecule has 0 aromatic heterocycles. The predicted octanol–water partition coefficient (Wildman–Crippen LogP) is 1.79. The molecule has 0 bridgehead atoms. The number of benzene rings is 1. The summed E-state index contributed by atoms with van der Waals surface area (Å²) in [5, 5.41) is 13.0. The maximum atomic E-state index is 9.68. The number of rotatable bonds is 0. The zero-order chi connectivity index (χ0) is 9.76. The van der Waals surface area contributed by atoms with E-state index in [9.17, 15) is 5.11 Å². The molecule has 2 aliphatic rings. The molecule has 1 aromatic rings. The maximum Gasteiger partial charge on any atom is 0.140 e. The van der Waals surface area contributed by atoms with Crippen LogP contribution in [0.4, 0.5) is 11.4 Å². The van der Waals surface area contributed by atoms with Crippen LogP contribution in [0.1, 0.15) is 12.8 Å². The first-order chi connectivity index (χ1) is 6.73. The highest BCUT2D eigenvalue weighted by atomic mass is 16.3. The molecule has 1 heterocycles. The highest BCUT2D eigenvalue weighted by Gasteiger charge is 2.49. The lowest BCUT2D eigenvalue weighted by Crippen LogP contribution is -2.43. The third-order valence-corrected chi connectivity index (χ3v) is 3.51. The molecule has 1 saturated carbocycles. The van der Waals surface area contributed by atoms with Crippen LogP contribution in [0.5, 0.6) is 5.75 Å². The number of hydrogen-bond acceptors (Lipinski definition) is 3. The topological polar surface area (TPSA) is 35.5 Å². The maximum absolute atomic E-state index is 9.68. The van der Waals surface area contributed by atoms with Crippen LogP contribution in [0.3, 0.4) is 0 Å². The summed E-state index contributed by atoms with van der Waals surface area (Å²) in [6.07, 6.45) is 2.51. The average Bonchev–Trinajstić information content (AvgIpc) is 2.94. The minimum Gasteiger partial charge on any atom is -0.506 e. The Kier molecular flexibility index (Phi) is 1.34. The highest BCUT2D eigenvalue weighted by Crippen LogP contribution is 2.50. The highest BCUT2D eigenvalue weighted by molar-refractivity contribution is 5.79. The van der Waals surface area contributed by atoms with E-state index in [2.05, 4.69) is 23.3 Å². The first-order valence-corrected chi connectivity index (χ1v) is 5.03. The van der Waals surface area contributed by atoms with Crippen LogP contribution in [-0.4, -0.2) is 24.2 Å². The molecule has 1 spiro atoms. The predicted molar refractivity (Wildman–Crippen MR) is 57.0 cm³/mol. The fraction of sp³-hybridized carbons (Fsp3) is 0.455. The molecule has 0 amide bonds. The lowest BCUT2D eigenvalue weighted by atomic mass is 10.1. The van der Waals surface area contributed by atoms with Gasteiger partial charge in [-0.1, -0.05) is 6.07 Å². The van der Waals surface area contributed by atoms with Crippen molar-refractivity contribution in [3.8, 4) is 5.75 Å². The van der Waals surface area contributed by atoms with E-state index in [1.165, 1.54) is 12.8 Å². The van der Waals surface area contributed by atoms with Crippen molar-refractivity contribution in [2.75, 3.05) is 23.8 Å².